The average molecular weight is 385 g/mol. The number of aromatic nitrogens is 2. The highest BCUT2D eigenvalue weighted by atomic mass is 19.4. The number of carbonyl (C=O) groups is 1. The number of piperidine rings is 1. The lowest BCUT2D eigenvalue weighted by molar-refractivity contribution is -0.274. The number of hydrogen-bond acceptors (Lipinski definition) is 5. The fourth-order valence-electron chi connectivity index (χ4n) is 2.76. The van der Waals surface area contributed by atoms with Gasteiger partial charge in [-0.05, 0) is 25.0 Å². The standard InChI is InChI=1S/C17H15F4N3O3/c18-11-8-22-16(23-9-11)26-12-4-3-7-24(10-12)15(25)13-5-1-2-6-14(13)27-17(19,20)21/h1-2,5-6,8-9,12H,3-4,7,10H2. The van der Waals surface area contributed by atoms with E-state index in [9.17, 15) is 22.4 Å². The molecule has 1 saturated heterocycles. The van der Waals surface area contributed by atoms with Crippen molar-refractivity contribution in [3.8, 4) is 11.8 Å². The van der Waals surface area contributed by atoms with E-state index in [-0.39, 0.29) is 18.1 Å². The third-order valence-electron chi connectivity index (χ3n) is 3.88. The largest absolute Gasteiger partial charge is 0.573 e. The van der Waals surface area contributed by atoms with E-state index in [0.717, 1.165) is 18.5 Å². The number of likely N-dealkylation sites (tertiary alicyclic amines) is 1. The number of benzene rings is 1. The van der Waals surface area contributed by atoms with Crippen LogP contribution in [-0.2, 0) is 0 Å². The van der Waals surface area contributed by atoms with Crippen LogP contribution in [-0.4, -0.2) is 46.3 Å². The summed E-state index contributed by atoms with van der Waals surface area (Å²) in [6.45, 7) is 0.503. The van der Waals surface area contributed by atoms with E-state index in [0.29, 0.717) is 19.4 Å². The lowest BCUT2D eigenvalue weighted by Gasteiger charge is -2.32. The van der Waals surface area contributed by atoms with Gasteiger partial charge in [0.25, 0.3) is 5.91 Å². The zero-order chi connectivity index (χ0) is 19.4. The fraction of sp³-hybridized carbons (Fsp3) is 0.353. The summed E-state index contributed by atoms with van der Waals surface area (Å²) >= 11 is 0. The molecule has 0 saturated carbocycles. The minimum absolute atomic E-state index is 0.0310. The Hall–Kier alpha value is -2.91. The van der Waals surface area contributed by atoms with Crippen LogP contribution in [0.1, 0.15) is 23.2 Å². The number of para-hydroxylation sites is 1. The Kier molecular flexibility index (Phi) is 5.43. The van der Waals surface area contributed by atoms with E-state index < -0.39 is 29.9 Å². The molecular formula is C17H15F4N3O3. The molecule has 1 atom stereocenters. The number of hydrogen-bond donors (Lipinski definition) is 0. The molecule has 1 aliphatic heterocycles. The molecule has 1 amide bonds. The SMILES string of the molecule is O=C(c1ccccc1OC(F)(F)F)N1CCCC(Oc2ncc(F)cn2)C1. The molecule has 6 nitrogen and oxygen atoms in total. The molecule has 27 heavy (non-hydrogen) atoms. The molecule has 10 heteroatoms. The van der Waals surface area contributed by atoms with Crippen LogP contribution in [0.3, 0.4) is 0 Å². The summed E-state index contributed by atoms with van der Waals surface area (Å²) in [5.41, 5.74) is -0.187. The molecule has 0 N–H and O–H groups in total. The molecule has 0 aliphatic carbocycles. The second kappa shape index (κ2) is 7.77. The van der Waals surface area contributed by atoms with Crippen LogP contribution in [0.25, 0.3) is 0 Å². The van der Waals surface area contributed by atoms with Crippen molar-refractivity contribution in [3.05, 3.63) is 48.0 Å². The molecule has 144 valence electrons. The Morgan fingerprint density at radius 1 is 1.19 bits per heavy atom. The van der Waals surface area contributed by atoms with Crippen LogP contribution >= 0.6 is 0 Å². The molecule has 2 heterocycles. The summed E-state index contributed by atoms with van der Waals surface area (Å²) < 4.78 is 60.0. The monoisotopic (exact) mass is 385 g/mol. The first-order valence-corrected chi connectivity index (χ1v) is 8.10. The van der Waals surface area contributed by atoms with Crippen LogP contribution in [0.5, 0.6) is 11.8 Å². The van der Waals surface area contributed by atoms with Crippen molar-refractivity contribution in [1.29, 1.82) is 0 Å². The van der Waals surface area contributed by atoms with E-state index >= 15 is 0 Å². The second-order valence-electron chi connectivity index (χ2n) is 5.86. The Morgan fingerprint density at radius 3 is 2.59 bits per heavy atom. The Bertz CT molecular complexity index is 799. The lowest BCUT2D eigenvalue weighted by Crippen LogP contribution is -2.44. The van der Waals surface area contributed by atoms with Crippen LogP contribution in [0.15, 0.2) is 36.7 Å². The molecule has 1 unspecified atom stereocenters. The van der Waals surface area contributed by atoms with Gasteiger partial charge in [-0.15, -0.1) is 13.2 Å². The average Bonchev–Trinajstić information content (AvgIpc) is 2.62. The van der Waals surface area contributed by atoms with Gasteiger partial charge in [0.15, 0.2) is 5.82 Å². The maximum Gasteiger partial charge on any atom is 0.573 e. The number of nitrogens with zero attached hydrogens (tertiary/aromatic N) is 3. The Balaban J connectivity index is 1.71. The first-order valence-electron chi connectivity index (χ1n) is 8.10. The minimum Gasteiger partial charge on any atom is -0.458 e. The maximum atomic E-state index is 12.9. The molecule has 0 bridgehead atoms. The predicted molar refractivity (Wildman–Crippen MR) is 84.7 cm³/mol. The van der Waals surface area contributed by atoms with Gasteiger partial charge in [-0.1, -0.05) is 12.1 Å². The molecule has 3 rings (SSSR count). The molecule has 1 fully saturated rings. The van der Waals surface area contributed by atoms with Gasteiger partial charge >= 0.3 is 12.4 Å². The zero-order valence-corrected chi connectivity index (χ0v) is 13.9. The van der Waals surface area contributed by atoms with Crippen molar-refractivity contribution in [2.75, 3.05) is 13.1 Å². The summed E-state index contributed by atoms with van der Waals surface area (Å²) in [7, 11) is 0. The first-order chi connectivity index (χ1) is 12.8. The van der Waals surface area contributed by atoms with Crippen molar-refractivity contribution in [3.63, 3.8) is 0 Å². The number of halogens is 4. The van der Waals surface area contributed by atoms with E-state index in [2.05, 4.69) is 14.7 Å². The van der Waals surface area contributed by atoms with Gasteiger partial charge in [-0.3, -0.25) is 4.79 Å². The Morgan fingerprint density at radius 2 is 1.89 bits per heavy atom. The summed E-state index contributed by atoms with van der Waals surface area (Å²) in [5.74, 6) is -1.76. The van der Waals surface area contributed by atoms with E-state index in [1.807, 2.05) is 0 Å². The van der Waals surface area contributed by atoms with Crippen molar-refractivity contribution >= 4 is 5.91 Å². The molecule has 0 radical (unpaired) electrons. The first kappa shape index (κ1) is 18.9. The number of alkyl halides is 3. The zero-order valence-electron chi connectivity index (χ0n) is 13.9. The van der Waals surface area contributed by atoms with Crippen LogP contribution < -0.4 is 9.47 Å². The molecule has 1 aromatic carbocycles. The van der Waals surface area contributed by atoms with E-state index in [4.69, 9.17) is 4.74 Å². The normalized spacial score (nSPS) is 17.5. The summed E-state index contributed by atoms with van der Waals surface area (Å²) in [5, 5.41) is 0. The van der Waals surface area contributed by atoms with E-state index in [1.54, 1.807) is 0 Å². The fourth-order valence-corrected chi connectivity index (χ4v) is 2.76. The van der Waals surface area contributed by atoms with Crippen molar-refractivity contribution in [1.82, 2.24) is 14.9 Å². The number of carbonyl (C=O) groups excluding carboxylic acids is 1. The van der Waals surface area contributed by atoms with Gasteiger partial charge in [0.05, 0.1) is 24.5 Å². The predicted octanol–water partition coefficient (Wildman–Crippen LogP) is 3.20. The molecule has 2 aromatic rings. The summed E-state index contributed by atoms with van der Waals surface area (Å²) in [4.78, 5) is 21.5. The van der Waals surface area contributed by atoms with Crippen LogP contribution in [0.4, 0.5) is 17.6 Å². The molecule has 1 aromatic heterocycles. The van der Waals surface area contributed by atoms with Gasteiger partial charge in [-0.25, -0.2) is 14.4 Å². The Labute approximate surface area is 151 Å². The quantitative estimate of drug-likeness (QED) is 0.757. The van der Waals surface area contributed by atoms with Crippen LogP contribution in [0.2, 0.25) is 0 Å². The highest BCUT2D eigenvalue weighted by molar-refractivity contribution is 5.97. The maximum absolute atomic E-state index is 12.9. The third-order valence-corrected chi connectivity index (χ3v) is 3.88. The second-order valence-corrected chi connectivity index (χ2v) is 5.86. The van der Waals surface area contributed by atoms with Gasteiger partial charge < -0.3 is 14.4 Å². The molecule has 1 aliphatic rings. The van der Waals surface area contributed by atoms with Crippen molar-refractivity contribution in [2.45, 2.75) is 25.3 Å². The van der Waals surface area contributed by atoms with Gasteiger partial charge in [-0.2, -0.15) is 0 Å². The minimum atomic E-state index is -4.90. The lowest BCUT2D eigenvalue weighted by atomic mass is 10.1. The smallest absolute Gasteiger partial charge is 0.458 e. The highest BCUT2D eigenvalue weighted by Gasteiger charge is 2.34. The number of amides is 1. The molecular weight excluding hydrogens is 370 g/mol. The summed E-state index contributed by atoms with van der Waals surface area (Å²) in [6, 6.07) is 5.14. The van der Waals surface area contributed by atoms with Crippen molar-refractivity contribution in [2.24, 2.45) is 0 Å². The number of rotatable bonds is 4. The highest BCUT2D eigenvalue weighted by Crippen LogP contribution is 2.28. The summed E-state index contributed by atoms with van der Waals surface area (Å²) in [6.07, 6.45) is -2.25. The molecule has 0 spiro atoms. The topological polar surface area (TPSA) is 64.5 Å². The van der Waals surface area contributed by atoms with Gasteiger partial charge in [0.2, 0.25) is 0 Å². The number of ether oxygens (including phenoxy) is 2. The van der Waals surface area contributed by atoms with Crippen molar-refractivity contribution < 1.29 is 31.8 Å². The van der Waals surface area contributed by atoms with Gasteiger partial charge in [0, 0.05) is 6.54 Å². The third kappa shape index (κ3) is 5.05. The van der Waals surface area contributed by atoms with Crippen LogP contribution in [0, 0.1) is 5.82 Å². The van der Waals surface area contributed by atoms with E-state index in [1.165, 1.54) is 23.1 Å². The van der Waals surface area contributed by atoms with Gasteiger partial charge in [0.1, 0.15) is 11.9 Å².